The molecule has 0 saturated carbocycles. The molecule has 1 spiro atoms. The van der Waals surface area contributed by atoms with Crippen LogP contribution in [0.25, 0.3) is 0 Å². The topological polar surface area (TPSA) is 64.8 Å². The average Bonchev–Trinajstić information content (AvgIpc) is 3.06. The molecule has 0 atom stereocenters. The average molecular weight is 356 g/mol. The van der Waals surface area contributed by atoms with Gasteiger partial charge < -0.3 is 18.9 Å². The third-order valence-corrected chi connectivity index (χ3v) is 5.46. The van der Waals surface area contributed by atoms with Gasteiger partial charge in [-0.25, -0.2) is 0 Å². The first-order valence-corrected chi connectivity index (χ1v) is 9.11. The molecule has 6 nitrogen and oxygen atoms in total. The number of carbonyl (C=O) groups excluding carboxylic acids is 1. The van der Waals surface area contributed by atoms with Gasteiger partial charge in [0, 0.05) is 24.7 Å². The molecular weight excluding hydrogens is 332 g/mol. The van der Waals surface area contributed by atoms with Crippen molar-refractivity contribution in [1.29, 1.82) is 0 Å². The zero-order valence-corrected chi connectivity index (χ0v) is 15.3. The van der Waals surface area contributed by atoms with Gasteiger partial charge in [0.15, 0.2) is 0 Å². The first-order chi connectivity index (χ1) is 12.6. The molecule has 0 aliphatic carbocycles. The Morgan fingerprint density at radius 1 is 1.35 bits per heavy atom. The summed E-state index contributed by atoms with van der Waals surface area (Å²) >= 11 is 0. The number of methoxy groups -OCH3 is 1. The van der Waals surface area contributed by atoms with Crippen LogP contribution in [0, 0.1) is 6.92 Å². The number of hydrogen-bond donors (Lipinski definition) is 0. The second-order valence-electron chi connectivity index (χ2n) is 7.08. The Morgan fingerprint density at radius 3 is 2.85 bits per heavy atom. The predicted molar refractivity (Wildman–Crippen MR) is 95.1 cm³/mol. The van der Waals surface area contributed by atoms with Gasteiger partial charge in [-0.3, -0.25) is 4.79 Å². The normalized spacial score (nSPS) is 18.6. The maximum absolute atomic E-state index is 12.6. The fourth-order valence-corrected chi connectivity index (χ4v) is 4.17. The fraction of sp³-hybridized carbons (Fsp3) is 0.500. The number of carbonyl (C=O) groups is 1. The van der Waals surface area contributed by atoms with Gasteiger partial charge in [-0.1, -0.05) is 17.3 Å². The zero-order chi connectivity index (χ0) is 18.1. The molecule has 2 aliphatic rings. The van der Waals surface area contributed by atoms with Crippen molar-refractivity contribution in [2.75, 3.05) is 26.8 Å². The quantitative estimate of drug-likeness (QED) is 0.846. The van der Waals surface area contributed by atoms with Crippen molar-refractivity contribution in [3.63, 3.8) is 0 Å². The van der Waals surface area contributed by atoms with Crippen LogP contribution in [-0.2, 0) is 28.0 Å². The molecule has 0 N–H and O–H groups in total. The van der Waals surface area contributed by atoms with Crippen LogP contribution in [0.2, 0.25) is 0 Å². The van der Waals surface area contributed by atoms with Crippen molar-refractivity contribution in [2.24, 2.45) is 0 Å². The maximum atomic E-state index is 12.6. The molecule has 4 rings (SSSR count). The summed E-state index contributed by atoms with van der Waals surface area (Å²) in [7, 11) is 1.70. The van der Waals surface area contributed by atoms with E-state index in [9.17, 15) is 4.79 Å². The molecule has 2 aromatic rings. The molecule has 2 aliphatic heterocycles. The van der Waals surface area contributed by atoms with Crippen molar-refractivity contribution >= 4 is 5.91 Å². The van der Waals surface area contributed by atoms with Crippen molar-refractivity contribution in [3.05, 3.63) is 46.8 Å². The lowest BCUT2D eigenvalue weighted by Crippen LogP contribution is -2.48. The summed E-state index contributed by atoms with van der Waals surface area (Å²) < 4.78 is 17.1. The Bertz CT molecular complexity index is 792. The highest BCUT2D eigenvalue weighted by atomic mass is 16.5. The summed E-state index contributed by atoms with van der Waals surface area (Å²) in [6.45, 7) is 3.91. The number of fused-ring (bicyclic) bond motifs is 2. The van der Waals surface area contributed by atoms with Gasteiger partial charge in [0.25, 0.3) is 0 Å². The lowest BCUT2D eigenvalue weighted by molar-refractivity contribution is -0.140. The minimum atomic E-state index is -0.347. The van der Waals surface area contributed by atoms with Crippen LogP contribution >= 0.6 is 0 Å². The summed E-state index contributed by atoms with van der Waals surface area (Å²) in [6, 6.07) is 8.01. The lowest BCUT2D eigenvalue weighted by atomic mass is 9.78. The molecule has 138 valence electrons. The van der Waals surface area contributed by atoms with E-state index in [2.05, 4.69) is 11.2 Å². The van der Waals surface area contributed by atoms with E-state index in [4.69, 9.17) is 14.0 Å². The van der Waals surface area contributed by atoms with Gasteiger partial charge in [0.05, 0.1) is 25.8 Å². The second-order valence-corrected chi connectivity index (χ2v) is 7.08. The van der Waals surface area contributed by atoms with E-state index in [1.165, 1.54) is 11.1 Å². The van der Waals surface area contributed by atoms with Gasteiger partial charge in [0.2, 0.25) is 5.91 Å². The molecule has 1 fully saturated rings. The highest BCUT2D eigenvalue weighted by Crippen LogP contribution is 2.45. The van der Waals surface area contributed by atoms with Crippen molar-refractivity contribution in [3.8, 4) is 5.75 Å². The van der Waals surface area contributed by atoms with Gasteiger partial charge in [-0.15, -0.1) is 0 Å². The molecule has 6 heteroatoms. The van der Waals surface area contributed by atoms with E-state index >= 15 is 0 Å². The number of likely N-dealkylation sites (tertiary alicyclic amines) is 1. The smallest absolute Gasteiger partial charge is 0.230 e. The standard InChI is InChI=1S/C20H24N2O4/c1-14-12-16(26-21-14)13-18(23)22-9-7-20(8-10-22)19-15(6-11-25-20)4-3-5-17(19)24-2/h3-5,12H,6-11,13H2,1-2H3. The number of ether oxygens (including phenoxy) is 2. The van der Waals surface area contributed by atoms with E-state index in [-0.39, 0.29) is 17.9 Å². The van der Waals surface area contributed by atoms with Crippen LogP contribution in [0.4, 0.5) is 0 Å². The van der Waals surface area contributed by atoms with Crippen LogP contribution < -0.4 is 4.74 Å². The molecule has 0 radical (unpaired) electrons. The van der Waals surface area contributed by atoms with E-state index < -0.39 is 0 Å². The molecule has 3 heterocycles. The SMILES string of the molecule is COc1cccc2c1C1(CCN(C(=O)Cc3cc(C)no3)CC1)OCC2. The summed E-state index contributed by atoms with van der Waals surface area (Å²) in [5, 5.41) is 3.85. The molecule has 0 bridgehead atoms. The summed E-state index contributed by atoms with van der Waals surface area (Å²) in [4.78, 5) is 14.5. The number of nitrogens with zero attached hydrogens (tertiary/aromatic N) is 2. The van der Waals surface area contributed by atoms with Gasteiger partial charge in [-0.05, 0) is 37.8 Å². The van der Waals surface area contributed by atoms with Crippen LogP contribution in [0.5, 0.6) is 5.75 Å². The van der Waals surface area contributed by atoms with E-state index in [1.54, 1.807) is 7.11 Å². The number of aromatic nitrogens is 1. The summed E-state index contributed by atoms with van der Waals surface area (Å²) in [5.74, 6) is 1.58. The molecule has 1 aromatic carbocycles. The molecule has 0 unspecified atom stereocenters. The Balaban J connectivity index is 1.49. The van der Waals surface area contributed by atoms with Crippen molar-refractivity contribution in [2.45, 2.75) is 38.2 Å². The number of amides is 1. The van der Waals surface area contributed by atoms with Crippen molar-refractivity contribution < 1.29 is 18.8 Å². The maximum Gasteiger partial charge on any atom is 0.230 e. The Kier molecular flexibility index (Phi) is 4.44. The van der Waals surface area contributed by atoms with Crippen LogP contribution in [0.1, 0.15) is 35.4 Å². The number of piperidine rings is 1. The molecular formula is C20H24N2O4. The molecule has 26 heavy (non-hydrogen) atoms. The summed E-state index contributed by atoms with van der Waals surface area (Å²) in [5.41, 5.74) is 2.92. The minimum absolute atomic E-state index is 0.0760. The van der Waals surface area contributed by atoms with Crippen LogP contribution in [0.15, 0.2) is 28.8 Å². The Labute approximate surface area is 153 Å². The number of hydrogen-bond acceptors (Lipinski definition) is 5. The van der Waals surface area contributed by atoms with Crippen LogP contribution in [0.3, 0.4) is 0 Å². The van der Waals surface area contributed by atoms with E-state index in [0.717, 1.165) is 30.7 Å². The van der Waals surface area contributed by atoms with Crippen LogP contribution in [-0.4, -0.2) is 42.8 Å². The van der Waals surface area contributed by atoms with Gasteiger partial charge in [0.1, 0.15) is 17.1 Å². The van der Waals surface area contributed by atoms with Gasteiger partial charge in [-0.2, -0.15) is 0 Å². The van der Waals surface area contributed by atoms with E-state index in [1.807, 2.05) is 30.0 Å². The number of benzene rings is 1. The predicted octanol–water partition coefficient (Wildman–Crippen LogP) is 2.62. The fourth-order valence-electron chi connectivity index (χ4n) is 4.17. The monoisotopic (exact) mass is 356 g/mol. The highest BCUT2D eigenvalue weighted by Gasteiger charge is 2.43. The van der Waals surface area contributed by atoms with Gasteiger partial charge >= 0.3 is 0 Å². The Hall–Kier alpha value is -2.34. The number of rotatable bonds is 3. The first kappa shape index (κ1) is 17.1. The number of aryl methyl sites for hydroxylation is 1. The molecule has 1 aromatic heterocycles. The first-order valence-electron chi connectivity index (χ1n) is 9.11. The third kappa shape index (κ3) is 2.98. The second kappa shape index (κ2) is 6.76. The summed E-state index contributed by atoms with van der Waals surface area (Å²) in [6.07, 6.45) is 2.72. The largest absolute Gasteiger partial charge is 0.496 e. The zero-order valence-electron chi connectivity index (χ0n) is 15.3. The minimum Gasteiger partial charge on any atom is -0.496 e. The molecule has 1 amide bonds. The highest BCUT2D eigenvalue weighted by molar-refractivity contribution is 5.78. The third-order valence-electron chi connectivity index (χ3n) is 5.46. The molecule has 1 saturated heterocycles. The van der Waals surface area contributed by atoms with E-state index in [0.29, 0.717) is 25.5 Å². The Morgan fingerprint density at radius 2 is 2.15 bits per heavy atom. The van der Waals surface area contributed by atoms with Crippen molar-refractivity contribution in [1.82, 2.24) is 10.1 Å². The lowest BCUT2D eigenvalue weighted by Gasteiger charge is -2.45.